The highest BCUT2D eigenvalue weighted by Gasteiger charge is 2.08. The summed E-state index contributed by atoms with van der Waals surface area (Å²) in [6, 6.07) is 11.2. The molecule has 2 rings (SSSR count). The summed E-state index contributed by atoms with van der Waals surface area (Å²) in [7, 11) is 0. The predicted molar refractivity (Wildman–Crippen MR) is 81.1 cm³/mol. The fourth-order valence-corrected chi connectivity index (χ4v) is 2.35. The molecular formula is C15H16N2O2S. The van der Waals surface area contributed by atoms with E-state index in [4.69, 9.17) is 0 Å². The standard InChI is InChI=1S/C15H16N2O2S/c1-11-5-2-3-6-12(11)17-14(18)8-9-16-15(19)13-7-4-10-20-13/h2-7,10H,8-9H2,1H3,(H,16,19)(H,17,18). The Hall–Kier alpha value is -2.14. The van der Waals surface area contributed by atoms with Crippen LogP contribution in [0.5, 0.6) is 0 Å². The number of amides is 2. The lowest BCUT2D eigenvalue weighted by molar-refractivity contribution is -0.116. The van der Waals surface area contributed by atoms with Crippen LogP contribution in [0.4, 0.5) is 5.69 Å². The molecule has 104 valence electrons. The zero-order valence-corrected chi connectivity index (χ0v) is 12.0. The Morgan fingerprint density at radius 1 is 1.15 bits per heavy atom. The van der Waals surface area contributed by atoms with Crippen molar-refractivity contribution in [1.82, 2.24) is 5.32 Å². The van der Waals surface area contributed by atoms with Crippen LogP contribution in [0.15, 0.2) is 41.8 Å². The summed E-state index contributed by atoms with van der Waals surface area (Å²) >= 11 is 1.38. The molecule has 0 radical (unpaired) electrons. The molecule has 1 heterocycles. The fourth-order valence-electron chi connectivity index (χ4n) is 1.71. The third kappa shape index (κ3) is 3.93. The van der Waals surface area contributed by atoms with E-state index in [1.807, 2.05) is 42.6 Å². The molecule has 2 amide bonds. The molecule has 5 heteroatoms. The molecule has 0 unspecified atom stereocenters. The Labute approximate surface area is 121 Å². The highest BCUT2D eigenvalue weighted by Crippen LogP contribution is 2.13. The maximum absolute atomic E-state index is 11.8. The normalized spacial score (nSPS) is 10.1. The average molecular weight is 288 g/mol. The van der Waals surface area contributed by atoms with Crippen LogP contribution in [0.1, 0.15) is 21.7 Å². The number of thiophene rings is 1. The van der Waals surface area contributed by atoms with Crippen LogP contribution < -0.4 is 10.6 Å². The molecule has 0 atom stereocenters. The largest absolute Gasteiger partial charge is 0.351 e. The zero-order chi connectivity index (χ0) is 14.4. The van der Waals surface area contributed by atoms with Crippen molar-refractivity contribution < 1.29 is 9.59 Å². The number of hydrogen-bond acceptors (Lipinski definition) is 3. The monoisotopic (exact) mass is 288 g/mol. The minimum Gasteiger partial charge on any atom is -0.351 e. The Morgan fingerprint density at radius 2 is 1.95 bits per heavy atom. The minimum absolute atomic E-state index is 0.106. The van der Waals surface area contributed by atoms with E-state index in [1.165, 1.54) is 11.3 Å². The highest BCUT2D eigenvalue weighted by atomic mass is 32.1. The smallest absolute Gasteiger partial charge is 0.261 e. The van der Waals surface area contributed by atoms with Gasteiger partial charge < -0.3 is 10.6 Å². The lowest BCUT2D eigenvalue weighted by atomic mass is 10.2. The summed E-state index contributed by atoms with van der Waals surface area (Å²) in [6.07, 6.45) is 0.255. The second-order valence-corrected chi connectivity index (χ2v) is 5.29. The molecule has 4 nitrogen and oxygen atoms in total. The number of para-hydroxylation sites is 1. The van der Waals surface area contributed by atoms with E-state index in [-0.39, 0.29) is 18.2 Å². The number of carbonyl (C=O) groups is 2. The Kier molecular flexibility index (Phi) is 4.90. The van der Waals surface area contributed by atoms with Gasteiger partial charge in [-0.3, -0.25) is 9.59 Å². The molecule has 20 heavy (non-hydrogen) atoms. The summed E-state index contributed by atoms with van der Waals surface area (Å²) in [6.45, 7) is 2.27. The van der Waals surface area contributed by atoms with Gasteiger partial charge in [0, 0.05) is 18.7 Å². The lowest BCUT2D eigenvalue weighted by Crippen LogP contribution is -2.27. The van der Waals surface area contributed by atoms with Crippen molar-refractivity contribution in [3.8, 4) is 0 Å². The average Bonchev–Trinajstić information content (AvgIpc) is 2.95. The molecule has 0 bridgehead atoms. The van der Waals surface area contributed by atoms with Crippen molar-refractivity contribution in [1.29, 1.82) is 0 Å². The molecule has 0 saturated heterocycles. The quantitative estimate of drug-likeness (QED) is 0.889. The van der Waals surface area contributed by atoms with E-state index in [0.717, 1.165) is 11.3 Å². The number of nitrogens with one attached hydrogen (secondary N) is 2. The molecular weight excluding hydrogens is 272 g/mol. The first-order chi connectivity index (χ1) is 9.66. The van der Waals surface area contributed by atoms with Crippen molar-refractivity contribution in [3.05, 3.63) is 52.2 Å². The summed E-state index contributed by atoms with van der Waals surface area (Å²) in [5, 5.41) is 7.41. The van der Waals surface area contributed by atoms with Gasteiger partial charge in [0.05, 0.1) is 4.88 Å². The van der Waals surface area contributed by atoms with Crippen LogP contribution in [0, 0.1) is 6.92 Å². The second-order valence-electron chi connectivity index (χ2n) is 4.35. The van der Waals surface area contributed by atoms with E-state index in [2.05, 4.69) is 10.6 Å². The first kappa shape index (κ1) is 14.3. The van der Waals surface area contributed by atoms with Gasteiger partial charge in [-0.2, -0.15) is 0 Å². The van der Waals surface area contributed by atoms with E-state index in [0.29, 0.717) is 11.4 Å². The molecule has 1 aromatic heterocycles. The van der Waals surface area contributed by atoms with Crippen molar-refractivity contribution in [2.24, 2.45) is 0 Å². The van der Waals surface area contributed by atoms with Crippen LogP contribution in [-0.2, 0) is 4.79 Å². The maximum atomic E-state index is 11.8. The molecule has 2 N–H and O–H groups in total. The molecule has 2 aromatic rings. The van der Waals surface area contributed by atoms with Crippen LogP contribution in [-0.4, -0.2) is 18.4 Å². The first-order valence-electron chi connectivity index (χ1n) is 6.34. The Bertz CT molecular complexity index is 594. The van der Waals surface area contributed by atoms with Gasteiger partial charge in [0.15, 0.2) is 0 Å². The molecule has 1 aromatic carbocycles. The van der Waals surface area contributed by atoms with Crippen LogP contribution in [0.3, 0.4) is 0 Å². The van der Waals surface area contributed by atoms with Crippen molar-refractivity contribution in [2.75, 3.05) is 11.9 Å². The van der Waals surface area contributed by atoms with Gasteiger partial charge in [-0.1, -0.05) is 24.3 Å². The molecule has 0 aliphatic heterocycles. The van der Waals surface area contributed by atoms with E-state index in [9.17, 15) is 9.59 Å². The zero-order valence-electron chi connectivity index (χ0n) is 11.2. The molecule has 0 aliphatic rings. The number of hydrogen-bond donors (Lipinski definition) is 2. The van der Waals surface area contributed by atoms with Gasteiger partial charge in [-0.05, 0) is 30.0 Å². The van der Waals surface area contributed by atoms with Gasteiger partial charge in [0.1, 0.15) is 0 Å². The van der Waals surface area contributed by atoms with Gasteiger partial charge in [0.25, 0.3) is 5.91 Å². The molecule has 0 saturated carbocycles. The van der Waals surface area contributed by atoms with E-state index < -0.39 is 0 Å². The summed E-state index contributed by atoms with van der Waals surface area (Å²) in [5.41, 5.74) is 1.82. The molecule has 0 fully saturated rings. The second kappa shape index (κ2) is 6.86. The number of rotatable bonds is 5. The molecule has 0 spiro atoms. The number of carbonyl (C=O) groups excluding carboxylic acids is 2. The van der Waals surface area contributed by atoms with Crippen molar-refractivity contribution in [3.63, 3.8) is 0 Å². The van der Waals surface area contributed by atoms with Crippen LogP contribution in [0.2, 0.25) is 0 Å². The van der Waals surface area contributed by atoms with Gasteiger partial charge >= 0.3 is 0 Å². The van der Waals surface area contributed by atoms with E-state index >= 15 is 0 Å². The van der Waals surface area contributed by atoms with Gasteiger partial charge in [0.2, 0.25) is 5.91 Å². The number of benzene rings is 1. The highest BCUT2D eigenvalue weighted by molar-refractivity contribution is 7.12. The van der Waals surface area contributed by atoms with Gasteiger partial charge in [-0.15, -0.1) is 11.3 Å². The van der Waals surface area contributed by atoms with Crippen molar-refractivity contribution in [2.45, 2.75) is 13.3 Å². The number of anilines is 1. The fraction of sp³-hybridized carbons (Fsp3) is 0.200. The maximum Gasteiger partial charge on any atom is 0.261 e. The predicted octanol–water partition coefficient (Wildman–Crippen LogP) is 2.82. The third-order valence-electron chi connectivity index (χ3n) is 2.80. The topological polar surface area (TPSA) is 58.2 Å². The summed E-state index contributed by atoms with van der Waals surface area (Å²) < 4.78 is 0. The minimum atomic E-state index is -0.135. The SMILES string of the molecule is Cc1ccccc1NC(=O)CCNC(=O)c1cccs1. The van der Waals surface area contributed by atoms with E-state index in [1.54, 1.807) is 6.07 Å². The van der Waals surface area contributed by atoms with Crippen molar-refractivity contribution >= 4 is 28.8 Å². The lowest BCUT2D eigenvalue weighted by Gasteiger charge is -2.08. The number of aryl methyl sites for hydroxylation is 1. The van der Waals surface area contributed by atoms with Crippen LogP contribution >= 0.6 is 11.3 Å². The first-order valence-corrected chi connectivity index (χ1v) is 7.22. The summed E-state index contributed by atoms with van der Waals surface area (Å²) in [5.74, 6) is -0.241. The van der Waals surface area contributed by atoms with Crippen LogP contribution in [0.25, 0.3) is 0 Å². The third-order valence-corrected chi connectivity index (χ3v) is 3.67. The Balaban J connectivity index is 1.76. The Morgan fingerprint density at radius 3 is 2.65 bits per heavy atom. The van der Waals surface area contributed by atoms with Gasteiger partial charge in [-0.25, -0.2) is 0 Å². The summed E-state index contributed by atoms with van der Waals surface area (Å²) in [4.78, 5) is 24.1. The molecule has 0 aliphatic carbocycles.